The predicted molar refractivity (Wildman–Crippen MR) is 113 cm³/mol. The van der Waals surface area contributed by atoms with E-state index in [-0.39, 0.29) is 22.7 Å². The summed E-state index contributed by atoms with van der Waals surface area (Å²) in [6, 6.07) is 13.1. The average molecular weight is 412 g/mol. The highest BCUT2D eigenvalue weighted by Gasteiger charge is 2.16. The van der Waals surface area contributed by atoms with Crippen molar-refractivity contribution in [3.05, 3.63) is 69.0 Å². The molecule has 1 heterocycles. The third-order valence-corrected chi connectivity index (χ3v) is 5.25. The first-order chi connectivity index (χ1) is 14.0. The minimum Gasteiger partial charge on any atom is -0.320 e. The number of anilines is 1. The minimum absolute atomic E-state index is 0.0248. The summed E-state index contributed by atoms with van der Waals surface area (Å²) in [7, 11) is 0. The molecule has 9 heteroatoms. The van der Waals surface area contributed by atoms with Crippen LogP contribution in [0.25, 0.3) is 10.9 Å². The number of hydrogen-bond donors (Lipinski definition) is 1. The van der Waals surface area contributed by atoms with Crippen molar-refractivity contribution in [3.8, 4) is 0 Å². The second-order valence-corrected chi connectivity index (χ2v) is 7.28. The van der Waals surface area contributed by atoms with Gasteiger partial charge in [0.25, 0.3) is 11.2 Å². The summed E-state index contributed by atoms with van der Waals surface area (Å²) in [6.45, 7) is 2.55. The van der Waals surface area contributed by atoms with Gasteiger partial charge in [0.1, 0.15) is 5.69 Å². The Morgan fingerprint density at radius 2 is 1.93 bits per heavy atom. The number of hydrogen-bond acceptors (Lipinski definition) is 6. The van der Waals surface area contributed by atoms with Gasteiger partial charge in [0.15, 0.2) is 5.16 Å². The van der Waals surface area contributed by atoms with E-state index in [0.29, 0.717) is 22.6 Å². The fourth-order valence-corrected chi connectivity index (χ4v) is 3.65. The normalized spacial score (nSPS) is 10.8. The number of carbonyl (C=O) groups is 1. The molecule has 1 amide bonds. The highest BCUT2D eigenvalue weighted by Crippen LogP contribution is 2.24. The molecule has 0 saturated carbocycles. The smallest absolute Gasteiger partial charge is 0.292 e. The number of carbonyl (C=O) groups excluding carboxylic acids is 1. The van der Waals surface area contributed by atoms with Crippen LogP contribution in [0.4, 0.5) is 11.4 Å². The third kappa shape index (κ3) is 4.80. The van der Waals surface area contributed by atoms with Crippen molar-refractivity contribution < 1.29 is 9.72 Å². The molecule has 0 unspecified atom stereocenters. The fourth-order valence-electron chi connectivity index (χ4n) is 2.83. The Kier molecular flexibility index (Phi) is 6.61. The lowest BCUT2D eigenvalue weighted by Crippen LogP contribution is -2.24. The molecule has 0 bridgehead atoms. The Morgan fingerprint density at radius 1 is 1.21 bits per heavy atom. The molecule has 0 aliphatic heterocycles. The first-order valence-electron chi connectivity index (χ1n) is 9.17. The molecule has 150 valence electrons. The number of nitro groups is 1. The number of unbranched alkanes of at least 4 members (excludes halogenated alkanes) is 1. The summed E-state index contributed by atoms with van der Waals surface area (Å²) in [4.78, 5) is 40.3. The largest absolute Gasteiger partial charge is 0.320 e. The van der Waals surface area contributed by atoms with Crippen LogP contribution in [-0.4, -0.2) is 26.1 Å². The Labute approximate surface area is 171 Å². The van der Waals surface area contributed by atoms with Crippen molar-refractivity contribution in [1.82, 2.24) is 9.55 Å². The van der Waals surface area contributed by atoms with E-state index < -0.39 is 10.8 Å². The Hall–Kier alpha value is -3.20. The summed E-state index contributed by atoms with van der Waals surface area (Å²) in [5.41, 5.74) is 0.407. The van der Waals surface area contributed by atoms with Crippen molar-refractivity contribution in [1.29, 1.82) is 0 Å². The minimum atomic E-state index is -0.546. The van der Waals surface area contributed by atoms with E-state index in [9.17, 15) is 19.7 Å². The van der Waals surface area contributed by atoms with E-state index in [1.165, 1.54) is 18.2 Å². The molecule has 0 aliphatic rings. The van der Waals surface area contributed by atoms with Gasteiger partial charge in [-0.05, 0) is 24.6 Å². The summed E-state index contributed by atoms with van der Waals surface area (Å²) < 4.78 is 1.59. The van der Waals surface area contributed by atoms with Gasteiger partial charge in [-0.25, -0.2) is 4.98 Å². The Bertz CT molecular complexity index is 1110. The van der Waals surface area contributed by atoms with E-state index in [1.807, 2.05) is 6.92 Å². The molecule has 8 nitrogen and oxygen atoms in total. The molecule has 3 rings (SSSR count). The van der Waals surface area contributed by atoms with Gasteiger partial charge in [-0.1, -0.05) is 49.4 Å². The van der Waals surface area contributed by atoms with Crippen molar-refractivity contribution >= 4 is 39.9 Å². The van der Waals surface area contributed by atoms with Crippen LogP contribution in [0.2, 0.25) is 0 Å². The molecule has 3 aromatic rings. The van der Waals surface area contributed by atoms with E-state index in [4.69, 9.17) is 0 Å². The number of benzene rings is 2. The zero-order valence-electron chi connectivity index (χ0n) is 15.8. The van der Waals surface area contributed by atoms with E-state index in [1.54, 1.807) is 34.9 Å². The molecule has 0 saturated heterocycles. The Morgan fingerprint density at radius 3 is 2.69 bits per heavy atom. The van der Waals surface area contributed by atoms with Crippen LogP contribution in [0.15, 0.2) is 58.5 Å². The fraction of sp³-hybridized carbons (Fsp3) is 0.250. The van der Waals surface area contributed by atoms with Crippen molar-refractivity contribution in [3.63, 3.8) is 0 Å². The molecule has 0 atom stereocenters. The van der Waals surface area contributed by atoms with E-state index in [2.05, 4.69) is 10.3 Å². The molecule has 1 N–H and O–H groups in total. The lowest BCUT2D eigenvalue weighted by molar-refractivity contribution is -0.383. The van der Waals surface area contributed by atoms with Gasteiger partial charge >= 0.3 is 0 Å². The summed E-state index contributed by atoms with van der Waals surface area (Å²) in [5.74, 6) is -0.433. The lowest BCUT2D eigenvalue weighted by Gasteiger charge is -2.12. The number of thioether (sulfide) groups is 1. The number of aromatic nitrogens is 2. The maximum atomic E-state index is 12.8. The average Bonchev–Trinajstić information content (AvgIpc) is 2.72. The van der Waals surface area contributed by atoms with Gasteiger partial charge in [-0.15, -0.1) is 0 Å². The number of rotatable bonds is 8. The molecular weight excluding hydrogens is 392 g/mol. The first kappa shape index (κ1) is 20.5. The number of amides is 1. The van der Waals surface area contributed by atoms with E-state index in [0.717, 1.165) is 24.6 Å². The topological polar surface area (TPSA) is 107 Å². The molecular formula is C20H20N4O4S. The summed E-state index contributed by atoms with van der Waals surface area (Å²) in [5, 5.41) is 14.6. The van der Waals surface area contributed by atoms with Crippen LogP contribution in [0.5, 0.6) is 0 Å². The van der Waals surface area contributed by atoms with Gasteiger partial charge in [0, 0.05) is 12.6 Å². The number of nitro benzene ring substituents is 1. The van der Waals surface area contributed by atoms with Gasteiger partial charge in [0.2, 0.25) is 5.91 Å². The van der Waals surface area contributed by atoms with Gasteiger partial charge in [0.05, 0.1) is 21.6 Å². The Balaban J connectivity index is 1.82. The number of nitrogens with one attached hydrogen (secondary N) is 1. The van der Waals surface area contributed by atoms with Crippen molar-refractivity contribution in [2.24, 2.45) is 0 Å². The molecule has 0 spiro atoms. The predicted octanol–water partition coefficient (Wildman–Crippen LogP) is 3.84. The molecule has 0 aliphatic carbocycles. The number of fused-ring (bicyclic) bond motifs is 1. The maximum Gasteiger partial charge on any atom is 0.292 e. The van der Waals surface area contributed by atoms with Crippen LogP contribution in [0, 0.1) is 10.1 Å². The quantitative estimate of drug-likeness (QED) is 0.261. The lowest BCUT2D eigenvalue weighted by atomic mass is 10.2. The standard InChI is InChI=1S/C20H20N4O4S/c1-2-3-12-23-19(26)14-8-4-5-9-15(14)22-20(23)29-13-18(25)21-16-10-6-7-11-17(16)24(27)28/h4-11H,2-3,12-13H2,1H3,(H,21,25). The molecule has 29 heavy (non-hydrogen) atoms. The van der Waals surface area contributed by atoms with Crippen LogP contribution in [0.3, 0.4) is 0 Å². The molecule has 1 aromatic heterocycles. The molecule has 0 fully saturated rings. The van der Waals surface area contributed by atoms with Crippen LogP contribution >= 0.6 is 11.8 Å². The van der Waals surface area contributed by atoms with E-state index >= 15 is 0 Å². The van der Waals surface area contributed by atoms with Gasteiger partial charge in [-0.2, -0.15) is 0 Å². The number of para-hydroxylation sites is 3. The zero-order valence-corrected chi connectivity index (χ0v) is 16.6. The molecule has 2 aromatic carbocycles. The monoisotopic (exact) mass is 412 g/mol. The van der Waals surface area contributed by atoms with Gasteiger partial charge < -0.3 is 5.32 Å². The third-order valence-electron chi connectivity index (χ3n) is 4.27. The SMILES string of the molecule is CCCCn1c(SCC(=O)Nc2ccccc2[N+](=O)[O-])nc2ccccc2c1=O. The second-order valence-electron chi connectivity index (χ2n) is 6.33. The highest BCUT2D eigenvalue weighted by molar-refractivity contribution is 7.99. The molecule has 0 radical (unpaired) electrons. The van der Waals surface area contributed by atoms with Gasteiger partial charge in [-0.3, -0.25) is 24.3 Å². The second kappa shape index (κ2) is 9.33. The highest BCUT2D eigenvalue weighted by atomic mass is 32.2. The number of nitrogens with zero attached hydrogens (tertiary/aromatic N) is 3. The maximum absolute atomic E-state index is 12.8. The van der Waals surface area contributed by atoms with Crippen molar-refractivity contribution in [2.75, 3.05) is 11.1 Å². The zero-order chi connectivity index (χ0) is 20.8. The summed E-state index contributed by atoms with van der Waals surface area (Å²) in [6.07, 6.45) is 1.73. The van der Waals surface area contributed by atoms with Crippen LogP contribution in [-0.2, 0) is 11.3 Å². The van der Waals surface area contributed by atoms with Crippen LogP contribution in [0.1, 0.15) is 19.8 Å². The first-order valence-corrected chi connectivity index (χ1v) is 10.2. The summed E-state index contributed by atoms with van der Waals surface area (Å²) >= 11 is 1.14. The van der Waals surface area contributed by atoms with Crippen molar-refractivity contribution in [2.45, 2.75) is 31.5 Å². The van der Waals surface area contributed by atoms with Crippen LogP contribution < -0.4 is 10.9 Å².